The second-order valence-electron chi connectivity index (χ2n) is 8.90. The van der Waals surface area contributed by atoms with Gasteiger partial charge in [-0.1, -0.05) is 25.1 Å². The van der Waals surface area contributed by atoms with Crippen LogP contribution in [-0.2, 0) is 0 Å². The summed E-state index contributed by atoms with van der Waals surface area (Å²) in [4.78, 5) is 24.7. The molecule has 4 aromatic rings. The molecule has 1 saturated heterocycles. The van der Waals surface area contributed by atoms with E-state index in [1.807, 2.05) is 73.3 Å². The number of benzene rings is 2. The predicted molar refractivity (Wildman–Crippen MR) is 130 cm³/mol. The highest BCUT2D eigenvalue weighted by Crippen LogP contribution is 2.26. The smallest absolute Gasteiger partial charge is 0.253 e. The molecule has 0 unspecified atom stereocenters. The molecule has 0 aliphatic carbocycles. The molecule has 33 heavy (non-hydrogen) atoms. The summed E-state index contributed by atoms with van der Waals surface area (Å²) in [5.41, 5.74) is 4.95. The Labute approximate surface area is 193 Å². The Bertz CT molecular complexity index is 1320. The number of fused-ring (bicyclic) bond motifs is 1. The van der Waals surface area contributed by atoms with Crippen molar-refractivity contribution in [2.75, 3.05) is 18.4 Å². The van der Waals surface area contributed by atoms with E-state index in [0.29, 0.717) is 23.1 Å². The van der Waals surface area contributed by atoms with Crippen LogP contribution in [0.2, 0.25) is 0 Å². The predicted octanol–water partition coefficient (Wildman–Crippen LogP) is 5.05. The first-order valence-electron chi connectivity index (χ1n) is 11.4. The zero-order valence-electron chi connectivity index (χ0n) is 19.2. The number of carbonyl (C=O) groups excluding carboxylic acids is 1. The summed E-state index contributed by atoms with van der Waals surface area (Å²) in [7, 11) is 0. The summed E-state index contributed by atoms with van der Waals surface area (Å²) in [6.07, 6.45) is 2.12. The lowest BCUT2D eigenvalue weighted by Gasteiger charge is -2.30. The molecule has 2 aromatic carbocycles. The molecule has 1 amide bonds. The zero-order chi connectivity index (χ0) is 22.9. The van der Waals surface area contributed by atoms with Gasteiger partial charge < -0.3 is 10.2 Å². The Morgan fingerprint density at radius 3 is 2.39 bits per heavy atom. The number of anilines is 2. The van der Waals surface area contributed by atoms with Crippen molar-refractivity contribution >= 4 is 28.4 Å². The first-order chi connectivity index (χ1) is 16.0. The van der Waals surface area contributed by atoms with Gasteiger partial charge in [0.15, 0.2) is 11.6 Å². The molecule has 0 saturated carbocycles. The molecule has 1 fully saturated rings. The molecule has 1 N–H and O–H groups in total. The van der Waals surface area contributed by atoms with Crippen LogP contribution in [0.5, 0.6) is 0 Å². The summed E-state index contributed by atoms with van der Waals surface area (Å²) in [5.74, 6) is 1.98. The van der Waals surface area contributed by atoms with Gasteiger partial charge in [0, 0.05) is 30.0 Å². The lowest BCUT2D eigenvalue weighted by molar-refractivity contribution is 0.0697. The minimum Gasteiger partial charge on any atom is -0.339 e. The van der Waals surface area contributed by atoms with Gasteiger partial charge in [0.2, 0.25) is 0 Å². The van der Waals surface area contributed by atoms with Crippen LogP contribution >= 0.6 is 0 Å². The van der Waals surface area contributed by atoms with Crippen LogP contribution in [0, 0.1) is 19.8 Å². The molecule has 0 atom stereocenters. The van der Waals surface area contributed by atoms with Crippen molar-refractivity contribution in [1.82, 2.24) is 24.6 Å². The molecule has 3 heterocycles. The number of hydrogen-bond acceptors (Lipinski definition) is 5. The number of aromatic nitrogens is 4. The summed E-state index contributed by atoms with van der Waals surface area (Å²) in [6.45, 7) is 7.84. The maximum Gasteiger partial charge on any atom is 0.253 e. The number of nitrogens with one attached hydrogen (secondary N) is 1. The molecule has 0 spiro atoms. The third kappa shape index (κ3) is 4.31. The Kier molecular flexibility index (Phi) is 5.54. The lowest BCUT2D eigenvalue weighted by atomic mass is 9.98. The van der Waals surface area contributed by atoms with Crippen LogP contribution in [0.3, 0.4) is 0 Å². The third-order valence-corrected chi connectivity index (χ3v) is 6.21. The van der Waals surface area contributed by atoms with Crippen molar-refractivity contribution < 1.29 is 4.79 Å². The summed E-state index contributed by atoms with van der Waals surface area (Å²) < 4.78 is 1.81. The minimum absolute atomic E-state index is 0.0777. The van der Waals surface area contributed by atoms with E-state index in [-0.39, 0.29) is 5.91 Å². The number of amides is 1. The number of likely N-dealkylation sites (tertiary alicyclic amines) is 1. The molecule has 1 aliphatic heterocycles. The minimum atomic E-state index is 0.0777. The van der Waals surface area contributed by atoms with Gasteiger partial charge in [-0.3, -0.25) is 4.79 Å². The standard InChI is InChI=1S/C26H28N6O/c1-17-11-13-31(14-12-17)26(33)20-7-6-8-21(16-20)27-24-25(32-19(3)15-18(2)30-32)29-23-10-5-4-9-22(23)28-24/h4-10,15-17H,11-14H2,1-3H3,(H,27,28). The monoisotopic (exact) mass is 440 g/mol. The van der Waals surface area contributed by atoms with Crippen LogP contribution in [-0.4, -0.2) is 43.6 Å². The number of piperidine rings is 1. The Morgan fingerprint density at radius 1 is 0.970 bits per heavy atom. The van der Waals surface area contributed by atoms with Crippen LogP contribution in [0.25, 0.3) is 16.9 Å². The van der Waals surface area contributed by atoms with Crippen molar-refractivity contribution in [1.29, 1.82) is 0 Å². The number of hydrogen-bond donors (Lipinski definition) is 1. The zero-order valence-corrected chi connectivity index (χ0v) is 19.2. The quantitative estimate of drug-likeness (QED) is 0.481. The summed E-state index contributed by atoms with van der Waals surface area (Å²) in [5, 5.41) is 8.02. The number of carbonyl (C=O) groups is 1. The van der Waals surface area contributed by atoms with E-state index in [9.17, 15) is 4.79 Å². The molecule has 0 bridgehead atoms. The Morgan fingerprint density at radius 2 is 1.70 bits per heavy atom. The van der Waals surface area contributed by atoms with E-state index in [4.69, 9.17) is 9.97 Å². The second kappa shape index (κ2) is 8.65. The van der Waals surface area contributed by atoms with E-state index in [1.54, 1.807) is 4.68 Å². The molecule has 0 radical (unpaired) electrons. The van der Waals surface area contributed by atoms with Crippen molar-refractivity contribution in [3.05, 3.63) is 71.5 Å². The number of rotatable bonds is 4. The molecule has 5 rings (SSSR count). The van der Waals surface area contributed by atoms with E-state index < -0.39 is 0 Å². The lowest BCUT2D eigenvalue weighted by Crippen LogP contribution is -2.37. The van der Waals surface area contributed by atoms with E-state index in [0.717, 1.165) is 54.0 Å². The molecule has 2 aromatic heterocycles. The van der Waals surface area contributed by atoms with Gasteiger partial charge in [-0.25, -0.2) is 14.6 Å². The van der Waals surface area contributed by atoms with Crippen molar-refractivity contribution in [3.8, 4) is 5.82 Å². The van der Waals surface area contributed by atoms with Crippen molar-refractivity contribution in [3.63, 3.8) is 0 Å². The highest BCUT2D eigenvalue weighted by molar-refractivity contribution is 5.95. The highest BCUT2D eigenvalue weighted by atomic mass is 16.2. The topological polar surface area (TPSA) is 75.9 Å². The number of nitrogens with zero attached hydrogens (tertiary/aromatic N) is 5. The molecular weight excluding hydrogens is 412 g/mol. The van der Waals surface area contributed by atoms with Gasteiger partial charge in [0.1, 0.15) is 0 Å². The summed E-state index contributed by atoms with van der Waals surface area (Å²) in [6, 6.07) is 17.4. The fraction of sp³-hybridized carbons (Fsp3) is 0.308. The van der Waals surface area contributed by atoms with Crippen LogP contribution < -0.4 is 5.32 Å². The average Bonchev–Trinajstić information content (AvgIpc) is 3.16. The van der Waals surface area contributed by atoms with E-state index in [2.05, 4.69) is 17.3 Å². The maximum atomic E-state index is 13.1. The van der Waals surface area contributed by atoms with Gasteiger partial charge in [-0.2, -0.15) is 5.10 Å². The van der Waals surface area contributed by atoms with Crippen molar-refractivity contribution in [2.24, 2.45) is 5.92 Å². The summed E-state index contributed by atoms with van der Waals surface area (Å²) >= 11 is 0. The highest BCUT2D eigenvalue weighted by Gasteiger charge is 2.22. The Balaban J connectivity index is 1.50. The van der Waals surface area contributed by atoms with Gasteiger partial charge in [0.05, 0.1) is 16.7 Å². The second-order valence-corrected chi connectivity index (χ2v) is 8.90. The largest absolute Gasteiger partial charge is 0.339 e. The first-order valence-corrected chi connectivity index (χ1v) is 11.4. The van der Waals surface area contributed by atoms with Crippen LogP contribution in [0.4, 0.5) is 11.5 Å². The maximum absolute atomic E-state index is 13.1. The van der Waals surface area contributed by atoms with Gasteiger partial charge in [0.25, 0.3) is 5.91 Å². The van der Waals surface area contributed by atoms with E-state index >= 15 is 0 Å². The Hall–Kier alpha value is -3.74. The van der Waals surface area contributed by atoms with E-state index in [1.165, 1.54) is 0 Å². The van der Waals surface area contributed by atoms with Gasteiger partial charge in [-0.15, -0.1) is 0 Å². The molecule has 168 valence electrons. The molecule has 7 nitrogen and oxygen atoms in total. The molecule has 7 heteroatoms. The first kappa shape index (κ1) is 21.1. The van der Waals surface area contributed by atoms with Crippen LogP contribution in [0.1, 0.15) is 41.5 Å². The van der Waals surface area contributed by atoms with Crippen molar-refractivity contribution in [2.45, 2.75) is 33.6 Å². The molecule has 1 aliphatic rings. The fourth-order valence-corrected chi connectivity index (χ4v) is 4.33. The third-order valence-electron chi connectivity index (χ3n) is 6.21. The van der Waals surface area contributed by atoms with Gasteiger partial charge >= 0.3 is 0 Å². The fourth-order valence-electron chi connectivity index (χ4n) is 4.33. The molecular formula is C26H28N6O. The normalized spacial score (nSPS) is 14.6. The number of aryl methyl sites for hydroxylation is 2. The van der Waals surface area contributed by atoms with Crippen LogP contribution in [0.15, 0.2) is 54.6 Å². The average molecular weight is 441 g/mol. The SMILES string of the molecule is Cc1cc(C)n(-c2nc3ccccc3nc2Nc2cccc(C(=O)N3CCC(C)CC3)c2)n1. The van der Waals surface area contributed by atoms with Gasteiger partial charge in [-0.05, 0) is 69.0 Å². The number of para-hydroxylation sites is 2.